The molecular formula is C23H34N2O3. The Labute approximate surface area is 168 Å². The van der Waals surface area contributed by atoms with Crippen LogP contribution >= 0.6 is 0 Å². The van der Waals surface area contributed by atoms with Crippen LogP contribution in [-0.2, 0) is 16.8 Å². The van der Waals surface area contributed by atoms with Gasteiger partial charge < -0.3 is 9.64 Å². The third-order valence-corrected chi connectivity index (χ3v) is 4.80. The van der Waals surface area contributed by atoms with E-state index in [1.807, 2.05) is 56.9 Å². The molecule has 0 radical (unpaired) electrons. The summed E-state index contributed by atoms with van der Waals surface area (Å²) >= 11 is 0. The van der Waals surface area contributed by atoms with Crippen molar-refractivity contribution in [1.82, 2.24) is 9.47 Å². The van der Waals surface area contributed by atoms with E-state index in [1.165, 1.54) is 0 Å². The van der Waals surface area contributed by atoms with Crippen molar-refractivity contribution in [1.29, 1.82) is 0 Å². The first-order valence-corrected chi connectivity index (χ1v) is 9.87. The first kappa shape index (κ1) is 22.0. The highest BCUT2D eigenvalue weighted by Crippen LogP contribution is 2.26. The van der Waals surface area contributed by atoms with Crippen LogP contribution in [0.25, 0.3) is 10.9 Å². The SMILES string of the molecule is CCN(CC(C)(C)C)C(=O)Cn1c(=O)c(C(C)(C)C)cc2ccc(OC)cc21. The number of methoxy groups -OCH3 is 1. The van der Waals surface area contributed by atoms with Crippen LogP contribution in [0, 0.1) is 5.41 Å². The molecule has 2 rings (SSSR count). The van der Waals surface area contributed by atoms with Crippen molar-refractivity contribution in [2.75, 3.05) is 20.2 Å². The quantitative estimate of drug-likeness (QED) is 0.774. The van der Waals surface area contributed by atoms with Crippen LogP contribution in [-0.4, -0.2) is 35.6 Å². The van der Waals surface area contributed by atoms with Crippen LogP contribution < -0.4 is 10.3 Å². The number of hydrogen-bond donors (Lipinski definition) is 0. The number of amides is 1. The predicted octanol–water partition coefficient (Wildman–Crippen LogP) is 4.20. The Morgan fingerprint density at radius 3 is 2.25 bits per heavy atom. The highest BCUT2D eigenvalue weighted by molar-refractivity contribution is 5.84. The number of aromatic nitrogens is 1. The van der Waals surface area contributed by atoms with Gasteiger partial charge in [0.15, 0.2) is 0 Å². The number of likely N-dealkylation sites (N-methyl/N-ethyl adjacent to an activating group) is 1. The molecule has 0 unspecified atom stereocenters. The fourth-order valence-electron chi connectivity index (χ4n) is 3.36. The molecule has 28 heavy (non-hydrogen) atoms. The summed E-state index contributed by atoms with van der Waals surface area (Å²) in [4.78, 5) is 28.2. The summed E-state index contributed by atoms with van der Waals surface area (Å²) in [5.74, 6) is 0.619. The van der Waals surface area contributed by atoms with Crippen LogP contribution in [0.4, 0.5) is 0 Å². The number of carbonyl (C=O) groups is 1. The molecule has 2 aromatic rings. The first-order chi connectivity index (χ1) is 12.9. The fraction of sp³-hybridized carbons (Fsp3) is 0.565. The van der Waals surface area contributed by atoms with Gasteiger partial charge in [-0.2, -0.15) is 0 Å². The average molecular weight is 387 g/mol. The maximum atomic E-state index is 13.3. The minimum Gasteiger partial charge on any atom is -0.497 e. The normalized spacial score (nSPS) is 12.3. The van der Waals surface area contributed by atoms with E-state index in [0.29, 0.717) is 24.4 Å². The van der Waals surface area contributed by atoms with Gasteiger partial charge in [-0.05, 0) is 41.3 Å². The molecule has 0 saturated carbocycles. The van der Waals surface area contributed by atoms with Crippen molar-refractivity contribution in [2.45, 2.75) is 60.4 Å². The molecule has 0 aliphatic heterocycles. The lowest BCUT2D eigenvalue weighted by Gasteiger charge is -2.30. The van der Waals surface area contributed by atoms with Crippen LogP contribution in [0.1, 0.15) is 54.0 Å². The third-order valence-electron chi connectivity index (χ3n) is 4.80. The maximum absolute atomic E-state index is 13.3. The van der Waals surface area contributed by atoms with Crippen molar-refractivity contribution in [3.05, 3.63) is 40.2 Å². The summed E-state index contributed by atoms with van der Waals surface area (Å²) in [6.45, 7) is 15.6. The Balaban J connectivity index is 2.61. The molecule has 5 heteroatoms. The molecule has 0 spiro atoms. The topological polar surface area (TPSA) is 51.5 Å². The Bertz CT molecular complexity index is 914. The second kappa shape index (κ2) is 7.98. The van der Waals surface area contributed by atoms with Crippen molar-refractivity contribution in [3.63, 3.8) is 0 Å². The molecule has 154 valence electrons. The van der Waals surface area contributed by atoms with E-state index in [9.17, 15) is 9.59 Å². The van der Waals surface area contributed by atoms with Crippen molar-refractivity contribution < 1.29 is 9.53 Å². The Morgan fingerprint density at radius 1 is 1.11 bits per heavy atom. The monoisotopic (exact) mass is 386 g/mol. The van der Waals surface area contributed by atoms with Gasteiger partial charge in [0.25, 0.3) is 5.56 Å². The molecule has 0 atom stereocenters. The second-order valence-corrected chi connectivity index (χ2v) is 9.59. The van der Waals surface area contributed by atoms with Crippen molar-refractivity contribution in [2.24, 2.45) is 5.41 Å². The average Bonchev–Trinajstić information content (AvgIpc) is 2.59. The molecule has 1 amide bonds. The van der Waals surface area contributed by atoms with Gasteiger partial charge in [-0.15, -0.1) is 0 Å². The Hall–Kier alpha value is -2.30. The third kappa shape index (κ3) is 4.94. The van der Waals surface area contributed by atoms with E-state index in [0.717, 1.165) is 10.9 Å². The summed E-state index contributed by atoms with van der Waals surface area (Å²) in [5, 5.41) is 0.928. The molecule has 1 aromatic heterocycles. The molecule has 0 aliphatic rings. The van der Waals surface area contributed by atoms with Gasteiger partial charge in [-0.3, -0.25) is 14.2 Å². The number of carbonyl (C=O) groups excluding carboxylic acids is 1. The van der Waals surface area contributed by atoms with E-state index in [4.69, 9.17) is 4.74 Å². The highest BCUT2D eigenvalue weighted by Gasteiger charge is 2.24. The number of ether oxygens (including phenoxy) is 1. The van der Waals surface area contributed by atoms with Gasteiger partial charge in [0.1, 0.15) is 12.3 Å². The number of benzene rings is 1. The number of fused-ring (bicyclic) bond motifs is 1. The molecule has 0 fully saturated rings. The molecule has 1 aromatic carbocycles. The number of hydrogen-bond acceptors (Lipinski definition) is 3. The predicted molar refractivity (Wildman–Crippen MR) is 115 cm³/mol. The van der Waals surface area contributed by atoms with Gasteiger partial charge in [0.2, 0.25) is 5.91 Å². The fourth-order valence-corrected chi connectivity index (χ4v) is 3.36. The summed E-state index contributed by atoms with van der Waals surface area (Å²) < 4.78 is 6.95. The van der Waals surface area contributed by atoms with Gasteiger partial charge in [0.05, 0.1) is 12.6 Å². The number of rotatable bonds is 5. The van der Waals surface area contributed by atoms with E-state index >= 15 is 0 Å². The van der Waals surface area contributed by atoms with Crippen molar-refractivity contribution >= 4 is 16.8 Å². The first-order valence-electron chi connectivity index (χ1n) is 9.87. The van der Waals surface area contributed by atoms with Crippen LogP contribution in [0.15, 0.2) is 29.1 Å². The summed E-state index contributed by atoms with van der Waals surface area (Å²) in [6.07, 6.45) is 0. The largest absolute Gasteiger partial charge is 0.497 e. The minimum atomic E-state index is -0.314. The zero-order chi connectivity index (χ0) is 21.3. The molecule has 5 nitrogen and oxygen atoms in total. The maximum Gasteiger partial charge on any atom is 0.255 e. The molecule has 1 heterocycles. The lowest BCUT2D eigenvalue weighted by Crippen LogP contribution is -2.42. The van der Waals surface area contributed by atoms with E-state index in [-0.39, 0.29) is 28.8 Å². The second-order valence-electron chi connectivity index (χ2n) is 9.59. The Morgan fingerprint density at radius 2 is 1.75 bits per heavy atom. The standard InChI is InChI=1S/C23H34N2O3/c1-9-24(15-22(2,3)4)20(26)14-25-19-13-17(28-8)11-10-16(19)12-18(21(25)27)23(5,6)7/h10-13H,9,14-15H2,1-8H3. The summed E-state index contributed by atoms with van der Waals surface area (Å²) in [6, 6.07) is 7.58. The van der Waals surface area contributed by atoms with Gasteiger partial charge >= 0.3 is 0 Å². The van der Waals surface area contributed by atoms with Crippen LogP contribution in [0.2, 0.25) is 0 Å². The smallest absolute Gasteiger partial charge is 0.255 e. The van der Waals surface area contributed by atoms with Crippen LogP contribution in [0.5, 0.6) is 5.75 Å². The highest BCUT2D eigenvalue weighted by atomic mass is 16.5. The summed E-state index contributed by atoms with van der Waals surface area (Å²) in [5.41, 5.74) is 0.990. The molecular weight excluding hydrogens is 352 g/mol. The zero-order valence-electron chi connectivity index (χ0n) is 18.5. The zero-order valence-corrected chi connectivity index (χ0v) is 18.5. The van der Waals surface area contributed by atoms with E-state index in [1.54, 1.807) is 11.7 Å². The van der Waals surface area contributed by atoms with Crippen LogP contribution in [0.3, 0.4) is 0 Å². The van der Waals surface area contributed by atoms with Gasteiger partial charge in [-0.25, -0.2) is 0 Å². The van der Waals surface area contributed by atoms with E-state index in [2.05, 4.69) is 20.8 Å². The molecule has 0 aliphatic carbocycles. The van der Waals surface area contributed by atoms with E-state index < -0.39 is 0 Å². The molecule has 0 bridgehead atoms. The van der Waals surface area contributed by atoms with Gasteiger partial charge in [0, 0.05) is 24.7 Å². The number of nitrogens with zero attached hydrogens (tertiary/aromatic N) is 2. The minimum absolute atomic E-state index is 0.00478. The van der Waals surface area contributed by atoms with Gasteiger partial charge in [-0.1, -0.05) is 41.5 Å². The molecule has 0 N–H and O–H groups in total. The lowest BCUT2D eigenvalue weighted by atomic mass is 9.87. The molecule has 0 saturated heterocycles. The number of pyridine rings is 1. The van der Waals surface area contributed by atoms with Crippen molar-refractivity contribution in [3.8, 4) is 5.75 Å². The summed E-state index contributed by atoms with van der Waals surface area (Å²) in [7, 11) is 1.60. The lowest BCUT2D eigenvalue weighted by molar-refractivity contribution is -0.132. The Kier molecular flexibility index (Phi) is 6.27.